The van der Waals surface area contributed by atoms with Crippen LogP contribution >= 0.6 is 0 Å². The van der Waals surface area contributed by atoms with Gasteiger partial charge in [0.2, 0.25) is 0 Å². The van der Waals surface area contributed by atoms with Crippen LogP contribution in [-0.2, 0) is 9.47 Å². The lowest BCUT2D eigenvalue weighted by molar-refractivity contribution is -0.0117. The molecule has 1 aliphatic heterocycles. The van der Waals surface area contributed by atoms with Crippen LogP contribution in [0.3, 0.4) is 0 Å². The smallest absolute Gasteiger partial charge is 0.0644 e. The van der Waals surface area contributed by atoms with Crippen LogP contribution in [0.25, 0.3) is 0 Å². The second kappa shape index (κ2) is 5.69. The molecule has 1 heterocycles. The van der Waals surface area contributed by atoms with Gasteiger partial charge in [-0.3, -0.25) is 0 Å². The van der Waals surface area contributed by atoms with E-state index in [1.54, 1.807) is 7.11 Å². The van der Waals surface area contributed by atoms with E-state index in [0.29, 0.717) is 0 Å². The van der Waals surface area contributed by atoms with Crippen LogP contribution in [0, 0.1) is 5.92 Å². The Morgan fingerprint density at radius 3 is 2.50 bits per heavy atom. The summed E-state index contributed by atoms with van der Waals surface area (Å²) in [5.74, 6) is 0.852. The number of hydrogen-bond acceptors (Lipinski definition) is 3. The Morgan fingerprint density at radius 2 is 2.00 bits per heavy atom. The minimum atomic E-state index is -0.0436. The number of methoxy groups -OCH3 is 1. The van der Waals surface area contributed by atoms with Crippen molar-refractivity contribution in [3.05, 3.63) is 0 Å². The number of nitrogens with one attached hydrogen (secondary N) is 1. The van der Waals surface area contributed by atoms with E-state index in [1.807, 2.05) is 0 Å². The lowest BCUT2D eigenvalue weighted by Crippen LogP contribution is -2.42. The molecule has 0 aromatic carbocycles. The molecule has 84 valence electrons. The summed E-state index contributed by atoms with van der Waals surface area (Å²) in [5, 5.41) is 3.26. The minimum Gasteiger partial charge on any atom is -0.381 e. The Bertz CT molecular complexity index is 155. The Hall–Kier alpha value is -0.120. The van der Waals surface area contributed by atoms with E-state index < -0.39 is 0 Å². The van der Waals surface area contributed by atoms with Gasteiger partial charge in [0.25, 0.3) is 0 Å². The van der Waals surface area contributed by atoms with Crippen LogP contribution in [0.2, 0.25) is 0 Å². The average Bonchev–Trinajstić information content (AvgIpc) is 2.08. The van der Waals surface area contributed by atoms with E-state index in [0.717, 1.165) is 25.6 Å². The van der Waals surface area contributed by atoms with Gasteiger partial charge in [0.15, 0.2) is 0 Å². The molecule has 1 saturated heterocycles. The number of ether oxygens (including phenoxy) is 2. The van der Waals surface area contributed by atoms with E-state index in [2.05, 4.69) is 19.2 Å². The first-order valence-electron chi connectivity index (χ1n) is 5.48. The monoisotopic (exact) mass is 201 g/mol. The molecule has 1 N–H and O–H groups in total. The molecule has 0 saturated carbocycles. The topological polar surface area (TPSA) is 30.5 Å². The lowest BCUT2D eigenvalue weighted by atomic mass is 10.0. The summed E-state index contributed by atoms with van der Waals surface area (Å²) >= 11 is 0. The normalized spacial score (nSPS) is 18.2. The molecule has 0 amide bonds. The zero-order valence-corrected chi connectivity index (χ0v) is 9.64. The van der Waals surface area contributed by atoms with Gasteiger partial charge in [-0.2, -0.15) is 0 Å². The van der Waals surface area contributed by atoms with Gasteiger partial charge >= 0.3 is 0 Å². The molecule has 1 fully saturated rings. The molecule has 0 spiro atoms. The summed E-state index contributed by atoms with van der Waals surface area (Å²) in [6.07, 6.45) is 2.16. The summed E-state index contributed by atoms with van der Waals surface area (Å²) in [5.41, 5.74) is -0.0436. The van der Waals surface area contributed by atoms with Gasteiger partial charge in [-0.1, -0.05) is 0 Å². The van der Waals surface area contributed by atoms with Crippen molar-refractivity contribution >= 4 is 0 Å². The fourth-order valence-corrected chi connectivity index (χ4v) is 1.32. The fourth-order valence-electron chi connectivity index (χ4n) is 1.32. The Labute approximate surface area is 87.2 Å². The summed E-state index contributed by atoms with van der Waals surface area (Å²) < 4.78 is 10.9. The van der Waals surface area contributed by atoms with Crippen molar-refractivity contribution in [2.24, 2.45) is 5.92 Å². The molecule has 0 aliphatic carbocycles. The molecule has 1 rings (SSSR count). The van der Waals surface area contributed by atoms with Crippen LogP contribution in [0.5, 0.6) is 0 Å². The summed E-state index contributed by atoms with van der Waals surface area (Å²) in [4.78, 5) is 0. The van der Waals surface area contributed by atoms with Gasteiger partial charge in [0.05, 0.1) is 5.60 Å². The van der Waals surface area contributed by atoms with E-state index in [1.165, 1.54) is 19.5 Å². The van der Waals surface area contributed by atoms with E-state index in [-0.39, 0.29) is 5.60 Å². The van der Waals surface area contributed by atoms with Gasteiger partial charge in [0, 0.05) is 20.3 Å². The molecule has 0 atom stereocenters. The first kappa shape index (κ1) is 12.0. The highest BCUT2D eigenvalue weighted by atomic mass is 16.5. The quantitative estimate of drug-likeness (QED) is 0.632. The highest BCUT2D eigenvalue weighted by Gasteiger charge is 2.17. The van der Waals surface area contributed by atoms with Gasteiger partial charge in [-0.25, -0.2) is 0 Å². The lowest BCUT2D eigenvalue weighted by Gasteiger charge is -2.27. The van der Waals surface area contributed by atoms with Crippen molar-refractivity contribution in [1.82, 2.24) is 5.32 Å². The maximum absolute atomic E-state index is 5.57. The van der Waals surface area contributed by atoms with Gasteiger partial charge in [-0.15, -0.1) is 0 Å². The fraction of sp³-hybridized carbons (Fsp3) is 1.00. The Morgan fingerprint density at radius 1 is 1.29 bits per heavy atom. The zero-order valence-electron chi connectivity index (χ0n) is 9.64. The maximum Gasteiger partial charge on any atom is 0.0644 e. The van der Waals surface area contributed by atoms with E-state index >= 15 is 0 Å². The molecular formula is C11H23NO2. The van der Waals surface area contributed by atoms with Crippen molar-refractivity contribution < 1.29 is 9.47 Å². The van der Waals surface area contributed by atoms with Crippen LogP contribution in [0.4, 0.5) is 0 Å². The number of hydrogen-bond donors (Lipinski definition) is 1. The van der Waals surface area contributed by atoms with Crippen molar-refractivity contribution in [3.8, 4) is 0 Å². The molecular weight excluding hydrogens is 178 g/mol. The zero-order chi connectivity index (χ0) is 10.4. The largest absolute Gasteiger partial charge is 0.381 e. The van der Waals surface area contributed by atoms with Crippen LogP contribution in [0.15, 0.2) is 0 Å². The molecule has 14 heavy (non-hydrogen) atoms. The molecule has 0 aromatic heterocycles. The predicted octanol–water partition coefficient (Wildman–Crippen LogP) is 1.43. The molecule has 0 unspecified atom stereocenters. The molecule has 3 nitrogen and oxygen atoms in total. The molecule has 3 heteroatoms. The summed E-state index contributed by atoms with van der Waals surface area (Å²) in [6.45, 7) is 8.23. The molecule has 0 bridgehead atoms. The van der Waals surface area contributed by atoms with Crippen LogP contribution in [0.1, 0.15) is 26.7 Å². The standard InChI is InChI=1S/C11H23NO2/c1-11(2,13-3)5-7-14-6-4-10-8-12-9-10/h10,12H,4-9H2,1-3H3. The third-order valence-electron chi connectivity index (χ3n) is 2.94. The van der Waals surface area contributed by atoms with Crippen LogP contribution in [-0.4, -0.2) is 39.0 Å². The van der Waals surface area contributed by atoms with Crippen molar-refractivity contribution in [3.63, 3.8) is 0 Å². The van der Waals surface area contributed by atoms with Crippen LogP contribution < -0.4 is 5.32 Å². The van der Waals surface area contributed by atoms with Crippen molar-refractivity contribution in [2.75, 3.05) is 33.4 Å². The first-order valence-corrected chi connectivity index (χ1v) is 5.48. The first-order chi connectivity index (χ1) is 6.64. The highest BCUT2D eigenvalue weighted by molar-refractivity contribution is 4.74. The maximum atomic E-state index is 5.57. The Balaban J connectivity index is 1.88. The third kappa shape index (κ3) is 4.40. The second-order valence-electron chi connectivity index (χ2n) is 4.64. The predicted molar refractivity (Wildman–Crippen MR) is 57.5 cm³/mol. The minimum absolute atomic E-state index is 0.0436. The summed E-state index contributed by atoms with van der Waals surface area (Å²) in [6, 6.07) is 0. The van der Waals surface area contributed by atoms with Gasteiger partial charge < -0.3 is 14.8 Å². The van der Waals surface area contributed by atoms with E-state index in [9.17, 15) is 0 Å². The van der Waals surface area contributed by atoms with E-state index in [4.69, 9.17) is 9.47 Å². The van der Waals surface area contributed by atoms with Gasteiger partial charge in [-0.05, 0) is 45.7 Å². The molecule has 1 aliphatic rings. The Kier molecular flexibility index (Phi) is 4.85. The number of rotatable bonds is 7. The SMILES string of the molecule is COC(C)(C)CCOCCC1CNC1. The summed E-state index contributed by atoms with van der Waals surface area (Å²) in [7, 11) is 1.75. The van der Waals surface area contributed by atoms with Crippen molar-refractivity contribution in [1.29, 1.82) is 0 Å². The van der Waals surface area contributed by atoms with Crippen molar-refractivity contribution in [2.45, 2.75) is 32.3 Å². The van der Waals surface area contributed by atoms with Gasteiger partial charge in [0.1, 0.15) is 0 Å². The highest BCUT2D eigenvalue weighted by Crippen LogP contribution is 2.13. The molecule has 0 radical (unpaired) electrons. The third-order valence-corrected chi connectivity index (χ3v) is 2.94. The molecule has 0 aromatic rings. The average molecular weight is 201 g/mol. The second-order valence-corrected chi connectivity index (χ2v) is 4.64.